The highest BCUT2D eigenvalue weighted by Crippen LogP contribution is 2.24. The van der Waals surface area contributed by atoms with Crippen LogP contribution in [0.2, 0.25) is 0 Å². The molecule has 210 valence electrons. The summed E-state index contributed by atoms with van der Waals surface area (Å²) in [7, 11) is 0. The molecule has 0 radical (unpaired) electrons. The summed E-state index contributed by atoms with van der Waals surface area (Å²) in [6, 6.07) is 14.0. The zero-order chi connectivity index (χ0) is 28.8. The van der Waals surface area contributed by atoms with E-state index in [-0.39, 0.29) is 25.5 Å². The number of aliphatic hydroxyl groups excluding tert-OH is 1. The van der Waals surface area contributed by atoms with Crippen LogP contribution in [-0.4, -0.2) is 59.3 Å². The summed E-state index contributed by atoms with van der Waals surface area (Å²) in [6.07, 6.45) is 7.69. The topological polar surface area (TPSA) is 108 Å². The molecule has 3 N–H and O–H groups in total. The molecule has 0 bridgehead atoms. The standard InChI is InChI=1S/C31H41N3O5/c1-6-8-12-19-32-28(36)27(25-17-15-23(7-2)16-18-25)34(20-21-35)29(37)26(22-24-13-10-9-11-14-24)33-30(38)39-31(3,4)5/h2,9-11,13-18,26-27,35H,6,8,12,19-22H2,1,3-5H3,(H,32,36)(H,33,38). The molecule has 0 fully saturated rings. The fourth-order valence-electron chi connectivity index (χ4n) is 4.09. The number of hydrogen-bond acceptors (Lipinski definition) is 5. The number of aliphatic hydroxyl groups is 1. The molecule has 0 saturated heterocycles. The normalized spacial score (nSPS) is 12.5. The molecule has 2 atom stereocenters. The van der Waals surface area contributed by atoms with Crippen LogP contribution in [0.3, 0.4) is 0 Å². The third-order valence-electron chi connectivity index (χ3n) is 5.93. The van der Waals surface area contributed by atoms with Gasteiger partial charge < -0.3 is 25.4 Å². The molecule has 2 rings (SSSR count). The lowest BCUT2D eigenvalue weighted by molar-refractivity contribution is -0.143. The minimum absolute atomic E-state index is 0.121. The van der Waals surface area contributed by atoms with Gasteiger partial charge in [0.25, 0.3) is 0 Å². The number of hydrogen-bond donors (Lipinski definition) is 3. The Morgan fingerprint density at radius 3 is 2.28 bits per heavy atom. The first-order valence-electron chi connectivity index (χ1n) is 13.4. The van der Waals surface area contributed by atoms with E-state index in [4.69, 9.17) is 11.2 Å². The minimum Gasteiger partial charge on any atom is -0.444 e. The molecule has 8 heteroatoms. The first-order valence-corrected chi connectivity index (χ1v) is 13.4. The number of ether oxygens (including phenoxy) is 1. The first-order chi connectivity index (χ1) is 18.6. The van der Waals surface area contributed by atoms with Crippen LogP contribution in [0.15, 0.2) is 54.6 Å². The fraction of sp³-hybridized carbons (Fsp3) is 0.452. The average Bonchev–Trinajstić information content (AvgIpc) is 2.90. The predicted molar refractivity (Wildman–Crippen MR) is 152 cm³/mol. The van der Waals surface area contributed by atoms with E-state index in [9.17, 15) is 19.5 Å². The Balaban J connectivity index is 2.47. The van der Waals surface area contributed by atoms with Gasteiger partial charge >= 0.3 is 6.09 Å². The Hall–Kier alpha value is -3.83. The van der Waals surface area contributed by atoms with Crippen molar-refractivity contribution in [3.8, 4) is 12.3 Å². The highest BCUT2D eigenvalue weighted by atomic mass is 16.6. The second-order valence-electron chi connectivity index (χ2n) is 10.3. The summed E-state index contributed by atoms with van der Waals surface area (Å²) in [5.41, 5.74) is 1.22. The molecule has 0 spiro atoms. The van der Waals surface area contributed by atoms with Gasteiger partial charge in [0.2, 0.25) is 11.8 Å². The van der Waals surface area contributed by atoms with Crippen molar-refractivity contribution in [2.45, 2.75) is 71.1 Å². The van der Waals surface area contributed by atoms with Gasteiger partial charge in [0.05, 0.1) is 6.61 Å². The predicted octanol–water partition coefficient (Wildman–Crippen LogP) is 3.97. The van der Waals surface area contributed by atoms with Crippen molar-refractivity contribution in [2.24, 2.45) is 0 Å². The summed E-state index contributed by atoms with van der Waals surface area (Å²) in [4.78, 5) is 41.7. The van der Waals surface area contributed by atoms with E-state index >= 15 is 0 Å². The first kappa shape index (κ1) is 31.4. The van der Waals surface area contributed by atoms with Crippen molar-refractivity contribution >= 4 is 17.9 Å². The van der Waals surface area contributed by atoms with Gasteiger partial charge in [0.1, 0.15) is 17.7 Å². The monoisotopic (exact) mass is 535 g/mol. The molecule has 8 nitrogen and oxygen atoms in total. The maximum atomic E-state index is 14.1. The zero-order valence-corrected chi connectivity index (χ0v) is 23.4. The highest BCUT2D eigenvalue weighted by Gasteiger charge is 2.36. The summed E-state index contributed by atoms with van der Waals surface area (Å²) < 4.78 is 5.42. The smallest absolute Gasteiger partial charge is 0.408 e. The van der Waals surface area contributed by atoms with Crippen LogP contribution in [0.25, 0.3) is 0 Å². The third-order valence-corrected chi connectivity index (χ3v) is 5.93. The number of alkyl carbamates (subject to hydrolysis) is 1. The Labute approximate surface area is 232 Å². The lowest BCUT2D eigenvalue weighted by atomic mass is 9.99. The number of nitrogens with zero attached hydrogens (tertiary/aromatic N) is 1. The molecular formula is C31H41N3O5. The van der Waals surface area contributed by atoms with Gasteiger partial charge in [0, 0.05) is 25.1 Å². The van der Waals surface area contributed by atoms with Gasteiger partial charge in [-0.25, -0.2) is 4.79 Å². The van der Waals surface area contributed by atoms with E-state index in [1.54, 1.807) is 45.0 Å². The largest absolute Gasteiger partial charge is 0.444 e. The number of carbonyl (C=O) groups excluding carboxylic acids is 3. The second-order valence-corrected chi connectivity index (χ2v) is 10.3. The van der Waals surface area contributed by atoms with Crippen molar-refractivity contribution in [1.82, 2.24) is 15.5 Å². The van der Waals surface area contributed by atoms with Gasteiger partial charge in [-0.2, -0.15) is 0 Å². The van der Waals surface area contributed by atoms with E-state index in [1.165, 1.54) is 4.90 Å². The molecule has 0 aliphatic carbocycles. The molecule has 0 aromatic heterocycles. The van der Waals surface area contributed by atoms with Crippen molar-refractivity contribution < 1.29 is 24.2 Å². The summed E-state index contributed by atoms with van der Waals surface area (Å²) in [5, 5.41) is 15.6. The third kappa shape index (κ3) is 10.5. The molecule has 2 unspecified atom stereocenters. The van der Waals surface area contributed by atoms with Crippen LogP contribution in [0.5, 0.6) is 0 Å². The number of terminal acetylenes is 1. The number of unbranched alkanes of at least 4 members (excludes halogenated alkanes) is 2. The summed E-state index contributed by atoms with van der Waals surface area (Å²) >= 11 is 0. The lowest BCUT2D eigenvalue weighted by Crippen LogP contribution is -2.54. The number of carbonyl (C=O) groups is 3. The molecule has 0 aliphatic heterocycles. The maximum Gasteiger partial charge on any atom is 0.408 e. The quantitative estimate of drug-likeness (QED) is 0.266. The van der Waals surface area contributed by atoms with Gasteiger partial charge in [-0.15, -0.1) is 6.42 Å². The van der Waals surface area contributed by atoms with Crippen molar-refractivity contribution in [2.75, 3.05) is 19.7 Å². The van der Waals surface area contributed by atoms with E-state index < -0.39 is 29.7 Å². The van der Waals surface area contributed by atoms with E-state index in [2.05, 4.69) is 23.5 Å². The SMILES string of the molecule is C#Cc1ccc(C(C(=O)NCCCCC)N(CCO)C(=O)C(Cc2ccccc2)NC(=O)OC(C)(C)C)cc1. The van der Waals surface area contributed by atoms with Crippen LogP contribution in [0.1, 0.15) is 69.7 Å². The van der Waals surface area contributed by atoms with Crippen LogP contribution >= 0.6 is 0 Å². The fourth-order valence-corrected chi connectivity index (χ4v) is 4.09. The number of nitrogens with one attached hydrogen (secondary N) is 2. The number of benzene rings is 2. The zero-order valence-electron chi connectivity index (χ0n) is 23.4. The van der Waals surface area contributed by atoms with Gasteiger partial charge in [0.15, 0.2) is 0 Å². The number of amides is 3. The molecule has 39 heavy (non-hydrogen) atoms. The minimum atomic E-state index is -1.05. The van der Waals surface area contributed by atoms with Crippen molar-refractivity contribution in [1.29, 1.82) is 0 Å². The van der Waals surface area contributed by atoms with Crippen LogP contribution < -0.4 is 10.6 Å². The Morgan fingerprint density at radius 2 is 1.72 bits per heavy atom. The lowest BCUT2D eigenvalue weighted by Gasteiger charge is -2.34. The molecule has 2 aromatic rings. The van der Waals surface area contributed by atoms with Crippen LogP contribution in [-0.2, 0) is 20.7 Å². The molecule has 2 aromatic carbocycles. The average molecular weight is 536 g/mol. The Kier molecular flexibility index (Phi) is 12.5. The van der Waals surface area contributed by atoms with Gasteiger partial charge in [-0.3, -0.25) is 9.59 Å². The number of rotatable bonds is 13. The van der Waals surface area contributed by atoms with Crippen LogP contribution in [0.4, 0.5) is 4.79 Å². The summed E-state index contributed by atoms with van der Waals surface area (Å²) in [6.45, 7) is 7.23. The Bertz CT molecular complexity index is 1100. The van der Waals surface area contributed by atoms with Gasteiger partial charge in [-0.1, -0.05) is 68.2 Å². The molecular weight excluding hydrogens is 494 g/mol. The molecule has 0 heterocycles. The molecule has 3 amide bonds. The molecule has 0 aliphatic rings. The highest BCUT2D eigenvalue weighted by molar-refractivity contribution is 5.92. The van der Waals surface area contributed by atoms with E-state index in [0.717, 1.165) is 24.8 Å². The molecule has 0 saturated carbocycles. The maximum absolute atomic E-state index is 14.1. The van der Waals surface area contributed by atoms with Crippen molar-refractivity contribution in [3.63, 3.8) is 0 Å². The summed E-state index contributed by atoms with van der Waals surface area (Å²) in [5.74, 6) is 1.65. The Morgan fingerprint density at radius 1 is 1.05 bits per heavy atom. The van der Waals surface area contributed by atoms with Gasteiger partial charge in [-0.05, 0) is 50.5 Å². The second kappa shape index (κ2) is 15.6. The van der Waals surface area contributed by atoms with Crippen LogP contribution in [0, 0.1) is 12.3 Å². The van der Waals surface area contributed by atoms with E-state index in [0.29, 0.717) is 17.7 Å². The van der Waals surface area contributed by atoms with Crippen molar-refractivity contribution in [3.05, 3.63) is 71.3 Å². The van der Waals surface area contributed by atoms with E-state index in [1.807, 2.05) is 30.3 Å².